The molecule has 1 saturated heterocycles. The molecular formula is C17H32N2O2. The second-order valence-electron chi connectivity index (χ2n) is 7.26. The average Bonchev–Trinajstić information content (AvgIpc) is 2.87. The van der Waals surface area contributed by atoms with E-state index in [0.29, 0.717) is 12.1 Å². The summed E-state index contributed by atoms with van der Waals surface area (Å²) < 4.78 is 5.07. The van der Waals surface area contributed by atoms with Gasteiger partial charge < -0.3 is 10.1 Å². The Morgan fingerprint density at radius 1 is 1.38 bits per heavy atom. The lowest BCUT2D eigenvalue weighted by molar-refractivity contribution is -0.148. The van der Waals surface area contributed by atoms with Gasteiger partial charge in [0, 0.05) is 18.6 Å². The van der Waals surface area contributed by atoms with E-state index in [1.807, 2.05) is 0 Å². The molecule has 0 spiro atoms. The quantitative estimate of drug-likeness (QED) is 0.809. The lowest BCUT2D eigenvalue weighted by atomic mass is 9.84. The third-order valence-electron chi connectivity index (χ3n) is 5.69. The first kappa shape index (κ1) is 16.8. The highest BCUT2D eigenvalue weighted by Gasteiger charge is 2.48. The molecule has 4 heteroatoms. The number of rotatable bonds is 4. The van der Waals surface area contributed by atoms with Crippen LogP contribution < -0.4 is 5.32 Å². The number of carbonyl (C=O) groups is 1. The molecule has 1 N–H and O–H groups in total. The van der Waals surface area contributed by atoms with E-state index in [4.69, 9.17) is 4.74 Å². The number of carbonyl (C=O) groups excluding carboxylic acids is 1. The minimum absolute atomic E-state index is 0.0855. The van der Waals surface area contributed by atoms with E-state index < -0.39 is 5.54 Å². The second-order valence-corrected chi connectivity index (χ2v) is 7.26. The van der Waals surface area contributed by atoms with Crippen molar-refractivity contribution in [3.8, 4) is 0 Å². The first-order valence-electron chi connectivity index (χ1n) is 8.52. The normalized spacial score (nSPS) is 41.2. The summed E-state index contributed by atoms with van der Waals surface area (Å²) in [5.41, 5.74) is -0.461. The summed E-state index contributed by atoms with van der Waals surface area (Å²) in [5, 5.41) is 3.41. The van der Waals surface area contributed by atoms with E-state index in [2.05, 4.69) is 37.9 Å². The summed E-state index contributed by atoms with van der Waals surface area (Å²) in [5.74, 6) is 1.40. The Bertz CT molecular complexity index is 374. The van der Waals surface area contributed by atoms with Crippen LogP contribution in [0.4, 0.5) is 0 Å². The van der Waals surface area contributed by atoms with Crippen molar-refractivity contribution in [2.45, 2.75) is 71.0 Å². The van der Waals surface area contributed by atoms with Gasteiger partial charge in [-0.1, -0.05) is 20.8 Å². The molecule has 1 saturated carbocycles. The van der Waals surface area contributed by atoms with Gasteiger partial charge in [-0.3, -0.25) is 9.69 Å². The number of hydrogen-bond donors (Lipinski definition) is 1. The van der Waals surface area contributed by atoms with Crippen molar-refractivity contribution in [1.29, 1.82) is 0 Å². The Morgan fingerprint density at radius 2 is 2.10 bits per heavy atom. The fourth-order valence-corrected chi connectivity index (χ4v) is 4.50. The second kappa shape index (κ2) is 6.66. The van der Waals surface area contributed by atoms with Crippen molar-refractivity contribution in [3.63, 3.8) is 0 Å². The van der Waals surface area contributed by atoms with E-state index in [-0.39, 0.29) is 5.97 Å². The van der Waals surface area contributed by atoms with Crippen LogP contribution in [0, 0.1) is 11.8 Å². The molecule has 0 aromatic rings. The molecule has 5 unspecified atom stereocenters. The van der Waals surface area contributed by atoms with Gasteiger partial charge in [0.1, 0.15) is 5.54 Å². The Balaban J connectivity index is 2.10. The molecule has 2 aliphatic rings. The third kappa shape index (κ3) is 3.26. The number of esters is 1. The predicted octanol–water partition coefficient (Wildman–Crippen LogP) is 2.43. The monoisotopic (exact) mass is 296 g/mol. The van der Waals surface area contributed by atoms with Crippen LogP contribution in [0.3, 0.4) is 0 Å². The molecule has 0 radical (unpaired) electrons. The largest absolute Gasteiger partial charge is 0.468 e. The molecule has 4 nitrogen and oxygen atoms in total. The molecule has 2 rings (SSSR count). The number of methoxy groups -OCH3 is 1. The smallest absolute Gasteiger partial charge is 0.326 e. The van der Waals surface area contributed by atoms with Crippen molar-refractivity contribution in [2.75, 3.05) is 20.2 Å². The van der Waals surface area contributed by atoms with Gasteiger partial charge in [0.2, 0.25) is 0 Å². The maximum absolute atomic E-state index is 12.3. The van der Waals surface area contributed by atoms with Crippen LogP contribution in [0.5, 0.6) is 0 Å². The van der Waals surface area contributed by atoms with E-state index in [9.17, 15) is 4.79 Å². The van der Waals surface area contributed by atoms with Crippen molar-refractivity contribution in [1.82, 2.24) is 10.2 Å². The highest BCUT2D eigenvalue weighted by Crippen LogP contribution is 2.38. The Kier molecular flexibility index (Phi) is 5.31. The Labute approximate surface area is 129 Å². The van der Waals surface area contributed by atoms with Gasteiger partial charge in [0.05, 0.1) is 7.11 Å². The highest BCUT2D eigenvalue weighted by molar-refractivity contribution is 5.81. The van der Waals surface area contributed by atoms with Crippen molar-refractivity contribution < 1.29 is 9.53 Å². The number of nitrogens with zero attached hydrogens (tertiary/aromatic N) is 1. The number of ether oxygens (including phenoxy) is 1. The van der Waals surface area contributed by atoms with Crippen molar-refractivity contribution in [2.24, 2.45) is 11.8 Å². The Hall–Kier alpha value is -0.610. The van der Waals surface area contributed by atoms with Crippen LogP contribution in [0.2, 0.25) is 0 Å². The van der Waals surface area contributed by atoms with E-state index in [0.717, 1.165) is 37.6 Å². The summed E-state index contributed by atoms with van der Waals surface area (Å²) in [6.45, 7) is 11.1. The number of nitrogens with one attached hydrogen (secondary N) is 1. The molecule has 1 aliphatic carbocycles. The van der Waals surface area contributed by atoms with Crippen LogP contribution in [0.1, 0.15) is 53.4 Å². The fourth-order valence-electron chi connectivity index (χ4n) is 4.50. The van der Waals surface area contributed by atoms with Crippen LogP contribution in [-0.2, 0) is 9.53 Å². The summed E-state index contributed by atoms with van der Waals surface area (Å²) in [4.78, 5) is 14.9. The van der Waals surface area contributed by atoms with Crippen LogP contribution in [0.15, 0.2) is 0 Å². The molecule has 0 bridgehead atoms. The predicted molar refractivity (Wildman–Crippen MR) is 85.2 cm³/mol. The zero-order valence-corrected chi connectivity index (χ0v) is 14.3. The summed E-state index contributed by atoms with van der Waals surface area (Å²) in [6, 6.07) is 1.12. The SMILES string of the molecule is CCNC1(C(=O)OC)CCC(N2CC(C)CC(C)C2C)C1. The van der Waals surface area contributed by atoms with E-state index in [1.165, 1.54) is 20.1 Å². The first-order valence-corrected chi connectivity index (χ1v) is 8.52. The lowest BCUT2D eigenvalue weighted by Crippen LogP contribution is -2.54. The molecule has 2 fully saturated rings. The maximum atomic E-state index is 12.3. The minimum atomic E-state index is -0.461. The topological polar surface area (TPSA) is 41.6 Å². The van der Waals surface area contributed by atoms with Gasteiger partial charge in [0.15, 0.2) is 0 Å². The molecular weight excluding hydrogens is 264 g/mol. The van der Waals surface area contributed by atoms with Crippen LogP contribution >= 0.6 is 0 Å². The third-order valence-corrected chi connectivity index (χ3v) is 5.69. The zero-order valence-electron chi connectivity index (χ0n) is 14.3. The van der Waals surface area contributed by atoms with Gasteiger partial charge in [0.25, 0.3) is 0 Å². The molecule has 0 aromatic carbocycles. The number of likely N-dealkylation sites (N-methyl/N-ethyl adjacent to an activating group) is 1. The van der Waals surface area contributed by atoms with Gasteiger partial charge in [-0.2, -0.15) is 0 Å². The number of likely N-dealkylation sites (tertiary alicyclic amines) is 1. The number of piperidine rings is 1. The number of hydrogen-bond acceptors (Lipinski definition) is 4. The van der Waals surface area contributed by atoms with Gasteiger partial charge >= 0.3 is 5.97 Å². The van der Waals surface area contributed by atoms with E-state index >= 15 is 0 Å². The van der Waals surface area contributed by atoms with Gasteiger partial charge in [-0.25, -0.2) is 0 Å². The Morgan fingerprint density at radius 3 is 2.71 bits per heavy atom. The molecule has 21 heavy (non-hydrogen) atoms. The highest BCUT2D eigenvalue weighted by atomic mass is 16.5. The molecule has 122 valence electrons. The standard InChI is InChI=1S/C17H32N2O2/c1-6-18-17(16(20)21-5)8-7-15(10-17)19-11-12(2)9-13(3)14(19)4/h12-15,18H,6-11H2,1-5H3. The minimum Gasteiger partial charge on any atom is -0.468 e. The fraction of sp³-hybridized carbons (Fsp3) is 0.941. The first-order chi connectivity index (χ1) is 9.93. The average molecular weight is 296 g/mol. The van der Waals surface area contributed by atoms with Gasteiger partial charge in [-0.05, 0) is 51.0 Å². The molecule has 1 heterocycles. The zero-order chi connectivity index (χ0) is 15.6. The molecule has 0 aromatic heterocycles. The van der Waals surface area contributed by atoms with E-state index in [1.54, 1.807) is 0 Å². The van der Waals surface area contributed by atoms with Crippen LogP contribution in [-0.4, -0.2) is 48.7 Å². The summed E-state index contributed by atoms with van der Waals surface area (Å²) in [7, 11) is 1.50. The van der Waals surface area contributed by atoms with Crippen LogP contribution in [0.25, 0.3) is 0 Å². The molecule has 1 aliphatic heterocycles. The molecule has 5 atom stereocenters. The molecule has 0 amide bonds. The van der Waals surface area contributed by atoms with Crippen molar-refractivity contribution in [3.05, 3.63) is 0 Å². The van der Waals surface area contributed by atoms with Crippen molar-refractivity contribution >= 4 is 5.97 Å². The van der Waals surface area contributed by atoms with Gasteiger partial charge in [-0.15, -0.1) is 0 Å². The lowest BCUT2D eigenvalue weighted by Gasteiger charge is -2.45. The maximum Gasteiger partial charge on any atom is 0.326 e. The summed E-state index contributed by atoms with van der Waals surface area (Å²) >= 11 is 0. The summed E-state index contributed by atoms with van der Waals surface area (Å²) in [6.07, 6.45) is 4.19.